The van der Waals surface area contributed by atoms with Crippen molar-refractivity contribution in [1.29, 1.82) is 0 Å². The highest BCUT2D eigenvalue weighted by molar-refractivity contribution is 5.86. The molecule has 0 fully saturated rings. The third kappa shape index (κ3) is 8.62. The van der Waals surface area contributed by atoms with E-state index < -0.39 is 41.5 Å². The van der Waals surface area contributed by atoms with Gasteiger partial charge < -0.3 is 28.4 Å². The summed E-state index contributed by atoms with van der Waals surface area (Å²) in [5.74, 6) is -1.64. The number of benzene rings is 4. The molecule has 0 aromatic heterocycles. The summed E-state index contributed by atoms with van der Waals surface area (Å²) in [6.45, 7) is 13.0. The van der Waals surface area contributed by atoms with Gasteiger partial charge in [-0.2, -0.15) is 0 Å². The molecule has 0 aliphatic heterocycles. The molecule has 270 valence electrons. The van der Waals surface area contributed by atoms with Crippen molar-refractivity contribution in [3.63, 3.8) is 0 Å². The number of ether oxygens (including phenoxy) is 6. The van der Waals surface area contributed by atoms with E-state index in [-0.39, 0.29) is 26.4 Å². The van der Waals surface area contributed by atoms with E-state index in [1.54, 1.807) is 0 Å². The first-order valence-electron chi connectivity index (χ1n) is 16.6. The van der Waals surface area contributed by atoms with Crippen molar-refractivity contribution in [2.24, 2.45) is 0 Å². The Morgan fingerprint density at radius 3 is 1.21 bits per heavy atom. The molecule has 10 heteroatoms. The molecule has 0 radical (unpaired) electrons. The minimum Gasteiger partial charge on any atom is -0.490 e. The van der Waals surface area contributed by atoms with Gasteiger partial charge in [-0.25, -0.2) is 19.2 Å². The fourth-order valence-corrected chi connectivity index (χ4v) is 6.13. The molecular weight excluding hydrogens is 676 g/mol. The Balaban J connectivity index is 1.45. The lowest BCUT2D eigenvalue weighted by Gasteiger charge is -2.34. The smallest absolute Gasteiger partial charge is 0.330 e. The number of esters is 4. The molecule has 0 amide bonds. The number of carbonyl (C=O) groups is 4. The normalized spacial score (nSPS) is 13.1. The number of hydrogen-bond acceptors (Lipinski definition) is 10. The van der Waals surface area contributed by atoms with E-state index in [1.807, 2.05) is 72.8 Å². The molecule has 1 aliphatic carbocycles. The van der Waals surface area contributed by atoms with Gasteiger partial charge in [-0.05, 0) is 57.6 Å². The van der Waals surface area contributed by atoms with Crippen LogP contribution in [0.3, 0.4) is 0 Å². The van der Waals surface area contributed by atoms with Crippen LogP contribution in [0.1, 0.15) is 22.3 Å². The maximum Gasteiger partial charge on any atom is 0.330 e. The maximum atomic E-state index is 11.9. The van der Waals surface area contributed by atoms with Crippen molar-refractivity contribution >= 4 is 23.9 Å². The standard InChI is InChI=1S/C43H38O10/c1-5-39(44)50-27-33(52-41(46)7-3)25-48-31-21-17-29(18-22-31)43(37-15-11-9-13-35(37)36-14-10-12-16-38(36)43)30-19-23-32(24-20-30)49-26-34(53-42(47)8-4)28-51-40(45)6-2/h5-24,33-34H,1-4,25-28H2. The van der Waals surface area contributed by atoms with Crippen molar-refractivity contribution < 1.29 is 47.6 Å². The van der Waals surface area contributed by atoms with Crippen LogP contribution < -0.4 is 9.47 Å². The summed E-state index contributed by atoms with van der Waals surface area (Å²) < 4.78 is 32.8. The van der Waals surface area contributed by atoms with Crippen LogP contribution in [0.5, 0.6) is 11.5 Å². The Kier molecular flexibility index (Phi) is 12.4. The summed E-state index contributed by atoms with van der Waals surface area (Å²) in [4.78, 5) is 47.1. The fraction of sp³-hybridized carbons (Fsp3) is 0.163. The van der Waals surface area contributed by atoms with E-state index >= 15 is 0 Å². The van der Waals surface area contributed by atoms with Crippen LogP contribution in [0.15, 0.2) is 148 Å². The van der Waals surface area contributed by atoms with Crippen LogP contribution >= 0.6 is 0 Å². The zero-order valence-electron chi connectivity index (χ0n) is 28.9. The molecule has 5 rings (SSSR count). The average molecular weight is 715 g/mol. The quantitative estimate of drug-likeness (QED) is 0.0568. The van der Waals surface area contributed by atoms with Crippen LogP contribution in [0.4, 0.5) is 0 Å². The predicted molar refractivity (Wildman–Crippen MR) is 197 cm³/mol. The van der Waals surface area contributed by atoms with Crippen LogP contribution in [0.2, 0.25) is 0 Å². The number of hydrogen-bond donors (Lipinski definition) is 0. The molecule has 0 bridgehead atoms. The Labute approximate surface area is 307 Å². The second-order valence-electron chi connectivity index (χ2n) is 11.7. The second kappa shape index (κ2) is 17.5. The molecule has 0 heterocycles. The molecule has 0 N–H and O–H groups in total. The first kappa shape index (κ1) is 37.6. The van der Waals surface area contributed by atoms with E-state index in [2.05, 4.69) is 50.6 Å². The summed E-state index contributed by atoms with van der Waals surface area (Å²) in [6, 6.07) is 31.8. The van der Waals surface area contributed by atoms with Gasteiger partial charge in [0.2, 0.25) is 0 Å². The fourth-order valence-electron chi connectivity index (χ4n) is 6.13. The van der Waals surface area contributed by atoms with Gasteiger partial charge in [-0.3, -0.25) is 0 Å². The first-order chi connectivity index (χ1) is 25.7. The lowest BCUT2D eigenvalue weighted by Crippen LogP contribution is -2.30. The van der Waals surface area contributed by atoms with Crippen LogP contribution in [-0.2, 0) is 43.5 Å². The monoisotopic (exact) mass is 714 g/mol. The van der Waals surface area contributed by atoms with E-state index in [0.717, 1.165) is 57.7 Å². The molecule has 0 saturated carbocycles. The zero-order chi connectivity index (χ0) is 37.8. The molecule has 0 saturated heterocycles. The number of rotatable bonds is 18. The molecule has 53 heavy (non-hydrogen) atoms. The van der Waals surface area contributed by atoms with Gasteiger partial charge in [-0.1, -0.05) is 99.1 Å². The van der Waals surface area contributed by atoms with Crippen LogP contribution in [0.25, 0.3) is 11.1 Å². The SMILES string of the molecule is C=CC(=O)OCC(COc1ccc(C2(c3ccc(OCC(COC(=O)C=C)OC(=O)C=C)cc3)c3ccccc3-c3ccccc32)cc1)OC(=O)C=C. The van der Waals surface area contributed by atoms with Crippen molar-refractivity contribution in [1.82, 2.24) is 0 Å². The summed E-state index contributed by atoms with van der Waals surface area (Å²) in [5.41, 5.74) is 5.58. The summed E-state index contributed by atoms with van der Waals surface area (Å²) in [6.07, 6.45) is 2.33. The Morgan fingerprint density at radius 1 is 0.491 bits per heavy atom. The Morgan fingerprint density at radius 2 is 0.849 bits per heavy atom. The van der Waals surface area contributed by atoms with Gasteiger partial charge in [0.05, 0.1) is 5.41 Å². The van der Waals surface area contributed by atoms with Crippen molar-refractivity contribution in [2.45, 2.75) is 17.6 Å². The number of fused-ring (bicyclic) bond motifs is 3. The van der Waals surface area contributed by atoms with Crippen molar-refractivity contribution in [2.75, 3.05) is 26.4 Å². The molecule has 0 spiro atoms. The van der Waals surface area contributed by atoms with E-state index in [9.17, 15) is 19.2 Å². The summed E-state index contributed by atoms with van der Waals surface area (Å²) in [5, 5.41) is 0. The van der Waals surface area contributed by atoms with Crippen LogP contribution in [0, 0.1) is 0 Å². The molecule has 2 atom stereocenters. The molecule has 10 nitrogen and oxygen atoms in total. The third-order valence-corrected chi connectivity index (χ3v) is 8.45. The zero-order valence-corrected chi connectivity index (χ0v) is 28.9. The lowest BCUT2D eigenvalue weighted by molar-refractivity contribution is -0.154. The van der Waals surface area contributed by atoms with Gasteiger partial charge in [-0.15, -0.1) is 0 Å². The second-order valence-corrected chi connectivity index (χ2v) is 11.7. The van der Waals surface area contributed by atoms with Gasteiger partial charge in [0.15, 0.2) is 12.2 Å². The molecule has 4 aromatic rings. The average Bonchev–Trinajstić information content (AvgIpc) is 3.50. The minimum atomic E-state index is -0.879. The Hall–Kier alpha value is -6.68. The highest BCUT2D eigenvalue weighted by atomic mass is 16.6. The van der Waals surface area contributed by atoms with Gasteiger partial charge in [0.25, 0.3) is 0 Å². The molecule has 2 unspecified atom stereocenters. The summed E-state index contributed by atoms with van der Waals surface area (Å²) in [7, 11) is 0. The van der Waals surface area contributed by atoms with Crippen molar-refractivity contribution in [3.8, 4) is 22.6 Å². The van der Waals surface area contributed by atoms with Gasteiger partial charge in [0.1, 0.15) is 37.9 Å². The topological polar surface area (TPSA) is 124 Å². The minimum absolute atomic E-state index is 0.0774. The van der Waals surface area contributed by atoms with Crippen LogP contribution in [-0.4, -0.2) is 62.5 Å². The van der Waals surface area contributed by atoms with Gasteiger partial charge in [0, 0.05) is 24.3 Å². The van der Waals surface area contributed by atoms with E-state index in [1.165, 1.54) is 0 Å². The lowest BCUT2D eigenvalue weighted by atomic mass is 9.68. The van der Waals surface area contributed by atoms with E-state index in [4.69, 9.17) is 28.4 Å². The highest BCUT2D eigenvalue weighted by Crippen LogP contribution is 2.56. The first-order valence-corrected chi connectivity index (χ1v) is 16.6. The largest absolute Gasteiger partial charge is 0.490 e. The van der Waals surface area contributed by atoms with Gasteiger partial charge >= 0.3 is 23.9 Å². The maximum absolute atomic E-state index is 11.9. The molecule has 4 aromatic carbocycles. The number of carbonyl (C=O) groups excluding carboxylic acids is 4. The molecular formula is C43H38O10. The van der Waals surface area contributed by atoms with Crippen molar-refractivity contribution in [3.05, 3.63) is 170 Å². The summed E-state index contributed by atoms with van der Waals surface area (Å²) >= 11 is 0. The predicted octanol–water partition coefficient (Wildman–Crippen LogP) is 6.46. The third-order valence-electron chi connectivity index (χ3n) is 8.45. The van der Waals surface area contributed by atoms with E-state index in [0.29, 0.717) is 11.5 Å². The Bertz CT molecular complexity index is 1850. The molecule has 1 aliphatic rings. The highest BCUT2D eigenvalue weighted by Gasteiger charge is 2.45.